The summed E-state index contributed by atoms with van der Waals surface area (Å²) < 4.78 is 0. The van der Waals surface area contributed by atoms with Crippen LogP contribution in [0.25, 0.3) is 0 Å². The van der Waals surface area contributed by atoms with Gasteiger partial charge in [-0.3, -0.25) is 4.90 Å². The van der Waals surface area contributed by atoms with Gasteiger partial charge in [0.15, 0.2) is 0 Å². The minimum absolute atomic E-state index is 0.616. The summed E-state index contributed by atoms with van der Waals surface area (Å²) in [5, 5.41) is 0. The molecule has 0 rings (SSSR count). The zero-order chi connectivity index (χ0) is 11.0. The lowest BCUT2D eigenvalue weighted by atomic mass is 10.1. The van der Waals surface area contributed by atoms with Gasteiger partial charge in [-0.25, -0.2) is 0 Å². The quantitative estimate of drug-likeness (QED) is 0.591. The van der Waals surface area contributed by atoms with E-state index in [1.807, 2.05) is 0 Å². The minimum atomic E-state index is 0.616. The highest BCUT2D eigenvalue weighted by Crippen LogP contribution is 2.06. The summed E-state index contributed by atoms with van der Waals surface area (Å²) in [5.74, 6) is 0. The predicted octanol–water partition coefficient (Wildman–Crippen LogP) is 2.26. The summed E-state index contributed by atoms with van der Waals surface area (Å²) >= 11 is 0. The lowest BCUT2D eigenvalue weighted by Crippen LogP contribution is -2.42. The molecule has 2 heteroatoms. The van der Waals surface area contributed by atoms with Crippen LogP contribution in [-0.2, 0) is 0 Å². The zero-order valence-electron chi connectivity index (χ0n) is 10.6. The smallest absolute Gasteiger partial charge is 0.0251 e. The lowest BCUT2D eigenvalue weighted by molar-refractivity contribution is 0.182. The van der Waals surface area contributed by atoms with Crippen LogP contribution in [-0.4, -0.2) is 49.6 Å². The van der Waals surface area contributed by atoms with E-state index in [1.165, 1.54) is 25.9 Å². The highest BCUT2D eigenvalue weighted by Gasteiger charge is 2.15. The molecule has 0 aromatic carbocycles. The molecule has 0 aliphatic rings. The third-order valence-electron chi connectivity index (χ3n) is 2.43. The Morgan fingerprint density at radius 2 is 1.57 bits per heavy atom. The highest BCUT2D eigenvalue weighted by atomic mass is 15.2. The van der Waals surface area contributed by atoms with Gasteiger partial charge >= 0.3 is 0 Å². The van der Waals surface area contributed by atoms with Gasteiger partial charge in [0.25, 0.3) is 0 Å². The molecule has 0 fully saturated rings. The number of hydrogen-bond donors (Lipinski definition) is 0. The van der Waals surface area contributed by atoms with Crippen molar-refractivity contribution in [3.05, 3.63) is 6.42 Å². The number of hydrogen-bond acceptors (Lipinski definition) is 2. The average molecular weight is 199 g/mol. The second kappa shape index (κ2) is 8.25. The van der Waals surface area contributed by atoms with Crippen LogP contribution in [0.4, 0.5) is 0 Å². The van der Waals surface area contributed by atoms with Crippen molar-refractivity contribution in [3.63, 3.8) is 0 Å². The minimum Gasteiger partial charge on any atom is -0.308 e. The van der Waals surface area contributed by atoms with Crippen molar-refractivity contribution in [3.8, 4) is 0 Å². The van der Waals surface area contributed by atoms with Gasteiger partial charge in [0.05, 0.1) is 0 Å². The molecule has 0 bridgehead atoms. The molecule has 0 aromatic rings. The molecular formula is C12H27N2. The van der Waals surface area contributed by atoms with Gasteiger partial charge in [-0.2, -0.15) is 0 Å². The number of rotatable bonds is 8. The van der Waals surface area contributed by atoms with Crippen LogP contribution in [0.3, 0.4) is 0 Å². The van der Waals surface area contributed by atoms with Gasteiger partial charge in [-0.15, -0.1) is 0 Å². The first-order valence-corrected chi connectivity index (χ1v) is 5.83. The van der Waals surface area contributed by atoms with Gasteiger partial charge in [0.2, 0.25) is 0 Å². The van der Waals surface area contributed by atoms with Crippen LogP contribution < -0.4 is 0 Å². The maximum absolute atomic E-state index is 2.58. The third-order valence-corrected chi connectivity index (χ3v) is 2.43. The fraction of sp³-hybridized carbons (Fsp3) is 0.917. The second-order valence-electron chi connectivity index (χ2n) is 4.20. The van der Waals surface area contributed by atoms with Crippen molar-refractivity contribution in [2.24, 2.45) is 0 Å². The second-order valence-corrected chi connectivity index (χ2v) is 4.20. The Kier molecular flexibility index (Phi) is 8.20. The monoisotopic (exact) mass is 199 g/mol. The summed E-state index contributed by atoms with van der Waals surface area (Å²) in [6.07, 6.45) is 4.82. The van der Waals surface area contributed by atoms with Gasteiger partial charge in [0, 0.05) is 12.6 Å². The van der Waals surface area contributed by atoms with E-state index in [9.17, 15) is 0 Å². The normalized spacial score (nSPS) is 13.9. The average Bonchev–Trinajstić information content (AvgIpc) is 2.13. The summed E-state index contributed by atoms with van der Waals surface area (Å²) in [5.41, 5.74) is 0. The molecular weight excluding hydrogens is 172 g/mol. The summed E-state index contributed by atoms with van der Waals surface area (Å²) in [7, 11) is 4.29. The molecule has 14 heavy (non-hydrogen) atoms. The number of likely N-dealkylation sites (N-methyl/N-ethyl adjacent to an activating group) is 1. The van der Waals surface area contributed by atoms with Gasteiger partial charge < -0.3 is 4.90 Å². The van der Waals surface area contributed by atoms with Crippen molar-refractivity contribution < 1.29 is 0 Å². The van der Waals surface area contributed by atoms with Crippen molar-refractivity contribution >= 4 is 0 Å². The molecule has 0 amide bonds. The maximum Gasteiger partial charge on any atom is 0.0251 e. The first kappa shape index (κ1) is 13.9. The van der Waals surface area contributed by atoms with E-state index in [0.29, 0.717) is 6.04 Å². The van der Waals surface area contributed by atoms with E-state index >= 15 is 0 Å². The zero-order valence-corrected chi connectivity index (χ0v) is 10.6. The van der Waals surface area contributed by atoms with E-state index in [0.717, 1.165) is 6.54 Å². The van der Waals surface area contributed by atoms with Crippen LogP contribution in [0.1, 0.15) is 33.6 Å². The summed E-state index contributed by atoms with van der Waals surface area (Å²) in [6.45, 7) is 10.3. The van der Waals surface area contributed by atoms with Crippen molar-refractivity contribution in [2.45, 2.75) is 39.7 Å². The predicted molar refractivity (Wildman–Crippen MR) is 64.5 cm³/mol. The maximum atomic E-state index is 2.58. The van der Waals surface area contributed by atoms with Gasteiger partial charge in [0.1, 0.15) is 0 Å². The van der Waals surface area contributed by atoms with Gasteiger partial charge in [-0.1, -0.05) is 20.8 Å². The fourth-order valence-electron chi connectivity index (χ4n) is 1.82. The SMILES string of the molecule is C[CH]C(CN(C)C)N(CCC)CCC. The molecule has 0 saturated heterocycles. The molecule has 1 unspecified atom stereocenters. The molecule has 0 aromatic heterocycles. The Morgan fingerprint density at radius 1 is 1.07 bits per heavy atom. The van der Waals surface area contributed by atoms with E-state index < -0.39 is 0 Å². The molecule has 1 atom stereocenters. The highest BCUT2D eigenvalue weighted by molar-refractivity contribution is 4.83. The van der Waals surface area contributed by atoms with Crippen molar-refractivity contribution in [2.75, 3.05) is 33.7 Å². The molecule has 0 aliphatic carbocycles. The standard InChI is InChI=1S/C12H27N2/c1-6-9-14(10-7-2)12(8-3)11-13(4)5/h8,12H,6-7,9-11H2,1-5H3. The lowest BCUT2D eigenvalue weighted by Gasteiger charge is -2.32. The molecule has 2 nitrogen and oxygen atoms in total. The van der Waals surface area contributed by atoms with Crippen LogP contribution in [0.5, 0.6) is 0 Å². The van der Waals surface area contributed by atoms with Crippen LogP contribution in [0.2, 0.25) is 0 Å². The largest absolute Gasteiger partial charge is 0.308 e. The van der Waals surface area contributed by atoms with Gasteiger partial charge in [-0.05, 0) is 46.4 Å². The molecule has 0 spiro atoms. The topological polar surface area (TPSA) is 6.48 Å². The Bertz CT molecular complexity index is 117. The first-order chi connectivity index (χ1) is 6.65. The third kappa shape index (κ3) is 5.61. The molecule has 1 radical (unpaired) electrons. The summed E-state index contributed by atoms with van der Waals surface area (Å²) in [6, 6.07) is 0.616. The fourth-order valence-corrected chi connectivity index (χ4v) is 1.82. The van der Waals surface area contributed by atoms with Crippen LogP contribution in [0, 0.1) is 6.42 Å². The molecule has 0 heterocycles. The van der Waals surface area contributed by atoms with Crippen LogP contribution in [0.15, 0.2) is 0 Å². The Balaban J connectivity index is 4.10. The molecule has 0 saturated carbocycles. The Labute approximate surface area is 90.3 Å². The van der Waals surface area contributed by atoms with E-state index in [4.69, 9.17) is 0 Å². The molecule has 0 N–H and O–H groups in total. The number of nitrogens with zero attached hydrogens (tertiary/aromatic N) is 2. The summed E-state index contributed by atoms with van der Waals surface area (Å²) in [4.78, 5) is 4.85. The van der Waals surface area contributed by atoms with E-state index in [2.05, 4.69) is 51.1 Å². The first-order valence-electron chi connectivity index (χ1n) is 5.83. The Morgan fingerprint density at radius 3 is 1.86 bits per heavy atom. The van der Waals surface area contributed by atoms with Crippen molar-refractivity contribution in [1.82, 2.24) is 9.80 Å². The van der Waals surface area contributed by atoms with E-state index in [1.54, 1.807) is 0 Å². The van der Waals surface area contributed by atoms with Crippen LogP contribution >= 0.6 is 0 Å². The van der Waals surface area contributed by atoms with E-state index in [-0.39, 0.29) is 0 Å². The Hall–Kier alpha value is -0.0800. The molecule has 85 valence electrons. The molecule has 0 aliphatic heterocycles. The van der Waals surface area contributed by atoms with Crippen molar-refractivity contribution in [1.29, 1.82) is 0 Å².